The van der Waals surface area contributed by atoms with Gasteiger partial charge in [0.05, 0.1) is 17.7 Å². The molecule has 0 saturated heterocycles. The van der Waals surface area contributed by atoms with E-state index in [0.717, 1.165) is 11.1 Å². The number of aliphatic imine (C=N–C) groups is 1. The number of nitriles is 1. The van der Waals surface area contributed by atoms with E-state index in [1.165, 1.54) is 25.3 Å². The van der Waals surface area contributed by atoms with Gasteiger partial charge in [0, 0.05) is 17.8 Å². The summed E-state index contributed by atoms with van der Waals surface area (Å²) in [4.78, 5) is 28.4. The highest BCUT2D eigenvalue weighted by molar-refractivity contribution is 6.01. The number of amides is 1. The van der Waals surface area contributed by atoms with Gasteiger partial charge in [-0.3, -0.25) is 20.2 Å². The molecule has 0 spiro atoms. The first kappa shape index (κ1) is 24.7. The Morgan fingerprint density at radius 2 is 1.80 bits per heavy atom. The summed E-state index contributed by atoms with van der Waals surface area (Å²) >= 11 is 0. The molecule has 1 unspecified atom stereocenters. The van der Waals surface area contributed by atoms with Crippen LogP contribution in [0.1, 0.15) is 22.7 Å². The van der Waals surface area contributed by atoms with Gasteiger partial charge in [0.1, 0.15) is 5.75 Å². The Morgan fingerprint density at radius 1 is 1.06 bits per heavy atom. The van der Waals surface area contributed by atoms with Crippen molar-refractivity contribution in [3.8, 4) is 11.9 Å². The van der Waals surface area contributed by atoms with Gasteiger partial charge in [0.25, 0.3) is 11.6 Å². The van der Waals surface area contributed by atoms with Crippen LogP contribution in [-0.4, -0.2) is 23.9 Å². The summed E-state index contributed by atoms with van der Waals surface area (Å²) in [5, 5.41) is 28.6. The highest BCUT2D eigenvalue weighted by Gasteiger charge is 2.22. The number of carbonyl (C=O) groups is 1. The van der Waals surface area contributed by atoms with Crippen molar-refractivity contribution in [3.63, 3.8) is 0 Å². The molecule has 3 rings (SSSR count). The van der Waals surface area contributed by atoms with Gasteiger partial charge in [-0.15, -0.1) is 0 Å². The van der Waals surface area contributed by atoms with E-state index in [9.17, 15) is 20.2 Å². The number of hydrogen-bond donors (Lipinski definition) is 3. The molecule has 35 heavy (non-hydrogen) atoms. The van der Waals surface area contributed by atoms with Crippen molar-refractivity contribution in [2.75, 3.05) is 17.7 Å². The highest BCUT2D eigenvalue weighted by atomic mass is 16.6. The minimum absolute atomic E-state index is 0.0876. The van der Waals surface area contributed by atoms with Crippen LogP contribution in [0.25, 0.3) is 0 Å². The molecule has 0 bridgehead atoms. The first-order valence-corrected chi connectivity index (χ1v) is 10.6. The zero-order valence-corrected chi connectivity index (χ0v) is 19.4. The number of benzene rings is 3. The van der Waals surface area contributed by atoms with Crippen LogP contribution < -0.4 is 20.7 Å². The van der Waals surface area contributed by atoms with Crippen molar-refractivity contribution < 1.29 is 14.5 Å². The number of aryl methyl sites for hydroxylation is 2. The van der Waals surface area contributed by atoms with E-state index in [0.29, 0.717) is 17.0 Å². The quantitative estimate of drug-likeness (QED) is 0.115. The molecule has 0 aliphatic rings. The third kappa shape index (κ3) is 6.33. The molecule has 1 amide bonds. The van der Waals surface area contributed by atoms with Crippen molar-refractivity contribution >= 4 is 28.9 Å². The fraction of sp³-hybridized carbons (Fsp3) is 0.160. The van der Waals surface area contributed by atoms with Gasteiger partial charge in [-0.25, -0.2) is 4.99 Å². The average molecular weight is 473 g/mol. The van der Waals surface area contributed by atoms with Crippen molar-refractivity contribution in [3.05, 3.63) is 93.5 Å². The van der Waals surface area contributed by atoms with E-state index in [2.05, 4.69) is 20.9 Å². The molecule has 10 nitrogen and oxygen atoms in total. The van der Waals surface area contributed by atoms with Crippen molar-refractivity contribution in [2.24, 2.45) is 4.99 Å². The fourth-order valence-electron chi connectivity index (χ4n) is 3.26. The van der Waals surface area contributed by atoms with Crippen molar-refractivity contribution in [2.45, 2.75) is 19.9 Å². The second-order valence-electron chi connectivity index (χ2n) is 7.58. The largest absolute Gasteiger partial charge is 0.495 e. The summed E-state index contributed by atoms with van der Waals surface area (Å²) in [7, 11) is 1.41. The number of methoxy groups -OCH3 is 1. The molecule has 0 saturated carbocycles. The minimum atomic E-state index is -1.04. The Kier molecular flexibility index (Phi) is 7.98. The maximum atomic E-state index is 13.3. The number of rotatable bonds is 7. The molecular formula is C25H24N6O4. The monoisotopic (exact) mass is 472 g/mol. The minimum Gasteiger partial charge on any atom is -0.495 e. The third-order valence-electron chi connectivity index (χ3n) is 5.22. The number of nitrogens with zero attached hydrogens (tertiary/aromatic N) is 3. The van der Waals surface area contributed by atoms with E-state index < -0.39 is 16.9 Å². The molecular weight excluding hydrogens is 448 g/mol. The van der Waals surface area contributed by atoms with Gasteiger partial charge in [0.15, 0.2) is 12.2 Å². The number of hydrogen-bond acceptors (Lipinski definition) is 6. The number of nitro benzene ring substituents is 1. The van der Waals surface area contributed by atoms with Crippen LogP contribution >= 0.6 is 0 Å². The highest BCUT2D eigenvalue weighted by Crippen LogP contribution is 2.29. The van der Waals surface area contributed by atoms with E-state index in [1.54, 1.807) is 36.5 Å². The number of carbonyl (C=O) groups excluding carboxylic acids is 1. The Balaban J connectivity index is 2.00. The lowest BCUT2D eigenvalue weighted by atomic mass is 10.1. The smallest absolute Gasteiger partial charge is 0.271 e. The predicted octanol–water partition coefficient (Wildman–Crippen LogP) is 4.44. The lowest BCUT2D eigenvalue weighted by Crippen LogP contribution is -2.30. The van der Waals surface area contributed by atoms with Crippen LogP contribution in [0.5, 0.6) is 5.75 Å². The maximum absolute atomic E-state index is 13.3. The molecule has 0 fully saturated rings. The number of nitro groups is 1. The molecule has 0 radical (unpaired) electrons. The molecule has 1 atom stereocenters. The SMILES string of the molecule is COc1ccc([N+](=O)[O-])cc1NC(=NC(C(=O)Nc1ccc(C)c(C)c1)c1ccccc1)NC#N. The predicted molar refractivity (Wildman–Crippen MR) is 133 cm³/mol. The van der Waals surface area contributed by atoms with Crippen molar-refractivity contribution in [1.29, 1.82) is 5.26 Å². The Bertz CT molecular complexity index is 1300. The third-order valence-corrected chi connectivity index (χ3v) is 5.22. The molecule has 3 aromatic rings. The Hall–Kier alpha value is -4.91. The zero-order valence-electron chi connectivity index (χ0n) is 19.4. The normalized spacial score (nSPS) is 11.7. The maximum Gasteiger partial charge on any atom is 0.271 e. The van der Waals surface area contributed by atoms with E-state index in [4.69, 9.17) is 4.74 Å². The number of nitrogens with one attached hydrogen (secondary N) is 3. The lowest BCUT2D eigenvalue weighted by molar-refractivity contribution is -0.384. The molecule has 10 heteroatoms. The Labute approximate surface area is 202 Å². The molecule has 3 N–H and O–H groups in total. The number of non-ortho nitro benzene ring substituents is 1. The standard InChI is InChI=1S/C25H24N6O4/c1-16-9-10-19(13-17(16)2)28-24(32)23(18-7-5-4-6-8-18)30-25(27-15-26)29-21-14-20(31(33)34)11-12-22(21)35-3/h4-14,23H,1-3H3,(H,28,32)(H2,27,29,30). The molecule has 0 aromatic heterocycles. The fourth-order valence-corrected chi connectivity index (χ4v) is 3.26. The lowest BCUT2D eigenvalue weighted by Gasteiger charge is -2.17. The van der Waals surface area contributed by atoms with Crippen LogP contribution in [0.15, 0.2) is 71.7 Å². The summed E-state index contributed by atoms with van der Waals surface area (Å²) in [6.07, 6.45) is 1.77. The van der Waals surface area contributed by atoms with Crippen LogP contribution in [0.4, 0.5) is 17.1 Å². The molecule has 178 valence electrons. The number of guanidine groups is 1. The summed E-state index contributed by atoms with van der Waals surface area (Å²) in [6, 6.07) is 17.3. The van der Waals surface area contributed by atoms with Gasteiger partial charge in [-0.1, -0.05) is 36.4 Å². The molecule has 3 aromatic carbocycles. The van der Waals surface area contributed by atoms with E-state index in [-0.39, 0.29) is 17.3 Å². The van der Waals surface area contributed by atoms with Gasteiger partial charge >= 0.3 is 0 Å². The van der Waals surface area contributed by atoms with Gasteiger partial charge in [0.2, 0.25) is 5.96 Å². The first-order valence-electron chi connectivity index (χ1n) is 10.6. The number of anilines is 2. The van der Waals surface area contributed by atoms with Gasteiger partial charge in [-0.2, -0.15) is 5.26 Å². The first-order chi connectivity index (χ1) is 16.8. The molecule has 0 aliphatic carbocycles. The summed E-state index contributed by atoms with van der Waals surface area (Å²) in [5.41, 5.74) is 3.32. The molecule has 0 heterocycles. The van der Waals surface area contributed by atoms with Gasteiger partial charge < -0.3 is 15.4 Å². The van der Waals surface area contributed by atoms with Crippen LogP contribution in [0.2, 0.25) is 0 Å². The average Bonchev–Trinajstić information content (AvgIpc) is 2.85. The van der Waals surface area contributed by atoms with E-state index in [1.807, 2.05) is 32.0 Å². The second-order valence-corrected chi connectivity index (χ2v) is 7.58. The summed E-state index contributed by atoms with van der Waals surface area (Å²) in [6.45, 7) is 3.93. The zero-order chi connectivity index (χ0) is 25.4. The summed E-state index contributed by atoms with van der Waals surface area (Å²) in [5.74, 6) is -0.223. The Morgan fingerprint density at radius 3 is 2.43 bits per heavy atom. The summed E-state index contributed by atoms with van der Waals surface area (Å²) < 4.78 is 5.27. The van der Waals surface area contributed by atoms with Crippen LogP contribution in [0.3, 0.4) is 0 Å². The van der Waals surface area contributed by atoms with E-state index >= 15 is 0 Å². The molecule has 0 aliphatic heterocycles. The topological polar surface area (TPSA) is 142 Å². The van der Waals surface area contributed by atoms with Gasteiger partial charge in [-0.05, 0) is 48.7 Å². The van der Waals surface area contributed by atoms with Crippen LogP contribution in [0, 0.1) is 35.4 Å². The number of ether oxygens (including phenoxy) is 1. The van der Waals surface area contributed by atoms with Crippen molar-refractivity contribution in [1.82, 2.24) is 5.32 Å². The second kappa shape index (κ2) is 11.3. The van der Waals surface area contributed by atoms with Crippen LogP contribution in [-0.2, 0) is 4.79 Å².